The molecule has 1 aliphatic heterocycles. The molecule has 0 N–H and O–H groups in total. The summed E-state index contributed by atoms with van der Waals surface area (Å²) >= 11 is 5.46. The molecule has 0 spiro atoms. The molecular weight excluding hydrogens is 334 g/mol. The molecule has 0 bridgehead atoms. The standard InChI is InChI=1S/C16H22BrNOS/c1-11-7-8-18(10-13(11)17)16(19)15-9-12-5-3-2-4-6-14(12)20-15/h9,11,13H,2-8,10H2,1H3. The van der Waals surface area contributed by atoms with E-state index in [9.17, 15) is 4.79 Å². The summed E-state index contributed by atoms with van der Waals surface area (Å²) in [5.41, 5.74) is 1.44. The van der Waals surface area contributed by atoms with Crippen LogP contribution in [0.5, 0.6) is 0 Å². The monoisotopic (exact) mass is 355 g/mol. The molecule has 2 atom stereocenters. The summed E-state index contributed by atoms with van der Waals surface area (Å²) in [4.78, 5) is 17.6. The molecule has 0 aromatic carbocycles. The van der Waals surface area contributed by atoms with Gasteiger partial charge in [0.2, 0.25) is 0 Å². The Balaban J connectivity index is 1.74. The van der Waals surface area contributed by atoms with Crippen molar-refractivity contribution in [1.82, 2.24) is 4.90 Å². The zero-order valence-corrected chi connectivity index (χ0v) is 14.4. The third-order valence-corrected chi connectivity index (χ3v) is 7.03. The van der Waals surface area contributed by atoms with Crippen molar-refractivity contribution in [2.24, 2.45) is 5.92 Å². The summed E-state index contributed by atoms with van der Waals surface area (Å²) < 4.78 is 0. The molecule has 1 amide bonds. The predicted molar refractivity (Wildman–Crippen MR) is 88.0 cm³/mol. The third-order valence-electron chi connectivity index (χ3n) is 4.61. The number of hydrogen-bond donors (Lipinski definition) is 0. The van der Waals surface area contributed by atoms with Gasteiger partial charge >= 0.3 is 0 Å². The highest BCUT2D eigenvalue weighted by Crippen LogP contribution is 2.31. The first-order valence-electron chi connectivity index (χ1n) is 7.70. The highest BCUT2D eigenvalue weighted by atomic mass is 79.9. The second kappa shape index (κ2) is 6.18. The number of nitrogens with zero attached hydrogens (tertiary/aromatic N) is 1. The van der Waals surface area contributed by atoms with Crippen molar-refractivity contribution in [3.8, 4) is 0 Å². The molecule has 2 heterocycles. The molecule has 0 saturated carbocycles. The lowest BCUT2D eigenvalue weighted by molar-refractivity contribution is 0.0711. The average Bonchev–Trinajstić information content (AvgIpc) is 2.72. The number of amides is 1. The zero-order chi connectivity index (χ0) is 14.1. The molecular formula is C16H22BrNOS. The average molecular weight is 356 g/mol. The van der Waals surface area contributed by atoms with Gasteiger partial charge in [0.25, 0.3) is 5.91 Å². The lowest BCUT2D eigenvalue weighted by Crippen LogP contribution is -2.43. The van der Waals surface area contributed by atoms with E-state index in [2.05, 4.69) is 28.9 Å². The van der Waals surface area contributed by atoms with Crippen LogP contribution in [0.1, 0.15) is 52.7 Å². The largest absolute Gasteiger partial charge is 0.337 e. The van der Waals surface area contributed by atoms with Crippen LogP contribution in [0.15, 0.2) is 6.07 Å². The van der Waals surface area contributed by atoms with Gasteiger partial charge in [0, 0.05) is 22.8 Å². The molecule has 110 valence electrons. The topological polar surface area (TPSA) is 20.3 Å². The molecule has 1 saturated heterocycles. The minimum atomic E-state index is 0.249. The van der Waals surface area contributed by atoms with Crippen molar-refractivity contribution in [3.63, 3.8) is 0 Å². The highest BCUT2D eigenvalue weighted by molar-refractivity contribution is 9.09. The molecule has 2 unspecified atom stereocenters. The van der Waals surface area contributed by atoms with E-state index >= 15 is 0 Å². The fourth-order valence-electron chi connectivity index (χ4n) is 3.14. The number of thiophene rings is 1. The van der Waals surface area contributed by atoms with Crippen molar-refractivity contribution < 1.29 is 4.79 Å². The Morgan fingerprint density at radius 2 is 2.15 bits per heavy atom. The van der Waals surface area contributed by atoms with Gasteiger partial charge in [-0.15, -0.1) is 11.3 Å². The molecule has 1 aliphatic carbocycles. The second-order valence-electron chi connectivity index (χ2n) is 6.15. The van der Waals surface area contributed by atoms with Crippen molar-refractivity contribution in [2.45, 2.75) is 50.3 Å². The Hall–Kier alpha value is -0.350. The van der Waals surface area contributed by atoms with Crippen LogP contribution >= 0.6 is 27.3 Å². The second-order valence-corrected chi connectivity index (χ2v) is 8.47. The van der Waals surface area contributed by atoms with Crippen LogP contribution in [0.3, 0.4) is 0 Å². The van der Waals surface area contributed by atoms with E-state index in [1.54, 1.807) is 11.3 Å². The fourth-order valence-corrected chi connectivity index (χ4v) is 4.97. The fraction of sp³-hybridized carbons (Fsp3) is 0.688. The smallest absolute Gasteiger partial charge is 0.263 e. The van der Waals surface area contributed by atoms with Crippen molar-refractivity contribution in [1.29, 1.82) is 0 Å². The van der Waals surface area contributed by atoms with Gasteiger partial charge in [-0.3, -0.25) is 4.79 Å². The van der Waals surface area contributed by atoms with Crippen LogP contribution in [0.4, 0.5) is 0 Å². The minimum absolute atomic E-state index is 0.249. The van der Waals surface area contributed by atoms with Gasteiger partial charge in [-0.05, 0) is 49.7 Å². The van der Waals surface area contributed by atoms with Gasteiger partial charge in [-0.2, -0.15) is 0 Å². The summed E-state index contributed by atoms with van der Waals surface area (Å²) in [6.45, 7) is 4.02. The molecule has 4 heteroatoms. The van der Waals surface area contributed by atoms with E-state index in [1.807, 2.05) is 4.90 Å². The lowest BCUT2D eigenvalue weighted by atomic mass is 9.99. The van der Waals surface area contributed by atoms with E-state index in [-0.39, 0.29) is 5.91 Å². The molecule has 1 fully saturated rings. The van der Waals surface area contributed by atoms with Crippen molar-refractivity contribution >= 4 is 33.2 Å². The van der Waals surface area contributed by atoms with Crippen LogP contribution in [-0.2, 0) is 12.8 Å². The zero-order valence-electron chi connectivity index (χ0n) is 12.0. The van der Waals surface area contributed by atoms with E-state index < -0.39 is 0 Å². The predicted octanol–water partition coefficient (Wildman–Crippen LogP) is 4.26. The molecule has 1 aromatic rings. The van der Waals surface area contributed by atoms with E-state index in [0.717, 1.165) is 30.8 Å². The van der Waals surface area contributed by atoms with Crippen LogP contribution in [0, 0.1) is 5.92 Å². The first-order chi connectivity index (χ1) is 9.65. The molecule has 2 nitrogen and oxygen atoms in total. The molecule has 20 heavy (non-hydrogen) atoms. The van der Waals surface area contributed by atoms with Gasteiger partial charge in [0.1, 0.15) is 0 Å². The molecule has 2 aliphatic rings. The van der Waals surface area contributed by atoms with Crippen LogP contribution in [0.25, 0.3) is 0 Å². The Bertz CT molecular complexity index is 475. The maximum atomic E-state index is 12.7. The Labute approximate surface area is 133 Å². The normalized spacial score (nSPS) is 27.0. The summed E-state index contributed by atoms with van der Waals surface area (Å²) in [7, 11) is 0. The SMILES string of the molecule is CC1CCN(C(=O)c2cc3c(s2)CCCCC3)CC1Br. The van der Waals surface area contributed by atoms with Gasteiger partial charge < -0.3 is 4.90 Å². The Morgan fingerprint density at radius 3 is 2.95 bits per heavy atom. The van der Waals surface area contributed by atoms with Gasteiger partial charge in [0.15, 0.2) is 0 Å². The van der Waals surface area contributed by atoms with Crippen LogP contribution in [-0.4, -0.2) is 28.7 Å². The molecule has 1 aromatic heterocycles. The van der Waals surface area contributed by atoms with Gasteiger partial charge in [-0.1, -0.05) is 29.3 Å². The number of piperidine rings is 1. The lowest BCUT2D eigenvalue weighted by Gasteiger charge is -2.34. The number of rotatable bonds is 1. The minimum Gasteiger partial charge on any atom is -0.337 e. The molecule has 3 rings (SSSR count). The van der Waals surface area contributed by atoms with E-state index in [0.29, 0.717) is 10.7 Å². The highest BCUT2D eigenvalue weighted by Gasteiger charge is 2.29. The Kier molecular flexibility index (Phi) is 4.51. The van der Waals surface area contributed by atoms with Crippen LogP contribution in [0.2, 0.25) is 0 Å². The number of carbonyl (C=O) groups excluding carboxylic acids is 1. The number of likely N-dealkylation sites (tertiary alicyclic amines) is 1. The number of carbonyl (C=O) groups is 1. The maximum absolute atomic E-state index is 12.7. The van der Waals surface area contributed by atoms with Crippen molar-refractivity contribution in [2.75, 3.05) is 13.1 Å². The van der Waals surface area contributed by atoms with Crippen molar-refractivity contribution in [3.05, 3.63) is 21.4 Å². The summed E-state index contributed by atoms with van der Waals surface area (Å²) in [5.74, 6) is 0.915. The maximum Gasteiger partial charge on any atom is 0.263 e. The number of fused-ring (bicyclic) bond motifs is 1. The summed E-state index contributed by atoms with van der Waals surface area (Å²) in [5, 5.41) is 0. The number of alkyl halides is 1. The first-order valence-corrected chi connectivity index (χ1v) is 9.43. The molecule has 0 radical (unpaired) electrons. The quantitative estimate of drug-likeness (QED) is 0.544. The third kappa shape index (κ3) is 2.96. The summed E-state index contributed by atoms with van der Waals surface area (Å²) in [6, 6.07) is 2.18. The van der Waals surface area contributed by atoms with E-state index in [4.69, 9.17) is 0 Å². The number of aryl methyl sites for hydroxylation is 2. The van der Waals surface area contributed by atoms with E-state index in [1.165, 1.54) is 36.1 Å². The van der Waals surface area contributed by atoms with Gasteiger partial charge in [0.05, 0.1) is 4.88 Å². The van der Waals surface area contributed by atoms with Gasteiger partial charge in [-0.25, -0.2) is 0 Å². The first kappa shape index (κ1) is 14.6. The van der Waals surface area contributed by atoms with Crippen LogP contribution < -0.4 is 0 Å². The number of hydrogen-bond acceptors (Lipinski definition) is 2. The summed E-state index contributed by atoms with van der Waals surface area (Å²) in [6.07, 6.45) is 7.34. The number of halogens is 1. The Morgan fingerprint density at radius 1 is 1.35 bits per heavy atom.